The van der Waals surface area contributed by atoms with Crippen molar-refractivity contribution in [2.24, 2.45) is 0 Å². The van der Waals surface area contributed by atoms with E-state index in [1.807, 2.05) is 24.5 Å². The van der Waals surface area contributed by atoms with E-state index in [-0.39, 0.29) is 16.4 Å². The molecule has 2 heterocycles. The summed E-state index contributed by atoms with van der Waals surface area (Å²) in [7, 11) is 1.54. The van der Waals surface area contributed by atoms with Crippen molar-refractivity contribution in [3.05, 3.63) is 87.2 Å². The Hall–Kier alpha value is -4.31. The van der Waals surface area contributed by atoms with E-state index in [1.165, 1.54) is 23.1 Å². The Balaban J connectivity index is 1.72. The fourth-order valence-electron chi connectivity index (χ4n) is 3.83. The number of anilines is 1. The molecule has 0 bridgehead atoms. The molecular weight excluding hydrogens is 456 g/mol. The normalized spacial score (nSPS) is 15.0. The highest BCUT2D eigenvalue weighted by molar-refractivity contribution is 7.80. The third-order valence-electron chi connectivity index (χ3n) is 5.52. The molecule has 0 saturated carbocycles. The number of nitrogens with zero attached hydrogens (tertiary/aromatic N) is 3. The SMILES string of the molecule is COc1ccc(N2C(=O)C(=Cc3cc(C)n(-c4ccc([N+](=O)[O-])cc4)c3C)C(=O)NC2=S)cc1. The number of aryl methyl sites for hydroxylation is 1. The van der Waals surface area contributed by atoms with Gasteiger partial charge in [0.05, 0.1) is 17.7 Å². The largest absolute Gasteiger partial charge is 0.497 e. The van der Waals surface area contributed by atoms with Crippen LogP contribution in [-0.4, -0.2) is 33.5 Å². The molecule has 1 saturated heterocycles. The van der Waals surface area contributed by atoms with Crippen molar-refractivity contribution in [2.45, 2.75) is 13.8 Å². The minimum absolute atomic E-state index is 0.00586. The number of carbonyl (C=O) groups excluding carboxylic acids is 2. The van der Waals surface area contributed by atoms with Crippen LogP contribution in [0.5, 0.6) is 5.75 Å². The van der Waals surface area contributed by atoms with Crippen molar-refractivity contribution >= 4 is 46.6 Å². The van der Waals surface area contributed by atoms with Crippen molar-refractivity contribution in [3.63, 3.8) is 0 Å². The quantitative estimate of drug-likeness (QED) is 0.197. The van der Waals surface area contributed by atoms with Crippen molar-refractivity contribution in [1.29, 1.82) is 0 Å². The molecule has 2 aromatic carbocycles. The minimum Gasteiger partial charge on any atom is -0.497 e. The first-order chi connectivity index (χ1) is 16.2. The maximum absolute atomic E-state index is 13.3. The number of hydrogen-bond acceptors (Lipinski definition) is 6. The van der Waals surface area contributed by atoms with Gasteiger partial charge in [0.25, 0.3) is 17.5 Å². The van der Waals surface area contributed by atoms with E-state index in [9.17, 15) is 19.7 Å². The highest BCUT2D eigenvalue weighted by atomic mass is 32.1. The second kappa shape index (κ2) is 8.91. The molecule has 1 aliphatic rings. The Labute approximate surface area is 200 Å². The van der Waals surface area contributed by atoms with Gasteiger partial charge in [0.1, 0.15) is 11.3 Å². The van der Waals surface area contributed by atoms with Gasteiger partial charge in [-0.15, -0.1) is 0 Å². The van der Waals surface area contributed by atoms with Crippen LogP contribution in [-0.2, 0) is 9.59 Å². The second-order valence-electron chi connectivity index (χ2n) is 7.59. The van der Waals surface area contributed by atoms with Crippen LogP contribution in [0.25, 0.3) is 11.8 Å². The lowest BCUT2D eigenvalue weighted by Crippen LogP contribution is -2.54. The zero-order valence-electron chi connectivity index (χ0n) is 18.6. The maximum Gasteiger partial charge on any atom is 0.270 e. The van der Waals surface area contributed by atoms with Crippen LogP contribution < -0.4 is 15.0 Å². The summed E-state index contributed by atoms with van der Waals surface area (Å²) in [6.07, 6.45) is 1.53. The molecule has 172 valence electrons. The summed E-state index contributed by atoms with van der Waals surface area (Å²) in [5, 5.41) is 13.5. The third-order valence-corrected chi connectivity index (χ3v) is 5.81. The minimum atomic E-state index is -0.583. The number of hydrogen-bond donors (Lipinski definition) is 1. The topological polar surface area (TPSA) is 107 Å². The highest BCUT2D eigenvalue weighted by Gasteiger charge is 2.34. The Morgan fingerprint density at radius 1 is 1.03 bits per heavy atom. The van der Waals surface area contributed by atoms with Gasteiger partial charge in [-0.25, -0.2) is 0 Å². The number of carbonyl (C=O) groups is 2. The Bertz CT molecular complexity index is 1360. The summed E-state index contributed by atoms with van der Waals surface area (Å²) in [6.45, 7) is 3.72. The first-order valence-electron chi connectivity index (χ1n) is 10.2. The van der Waals surface area contributed by atoms with Gasteiger partial charge in [-0.1, -0.05) is 0 Å². The van der Waals surface area contributed by atoms with Crippen LogP contribution in [0.2, 0.25) is 0 Å². The summed E-state index contributed by atoms with van der Waals surface area (Å²) >= 11 is 5.25. The molecular formula is C24H20N4O5S. The van der Waals surface area contributed by atoms with Gasteiger partial charge < -0.3 is 9.30 Å². The number of methoxy groups -OCH3 is 1. The van der Waals surface area contributed by atoms with Crippen molar-refractivity contribution in [3.8, 4) is 11.4 Å². The predicted molar refractivity (Wildman–Crippen MR) is 131 cm³/mol. The maximum atomic E-state index is 13.3. The van der Waals surface area contributed by atoms with Gasteiger partial charge in [-0.05, 0) is 80.2 Å². The molecule has 4 rings (SSSR count). The molecule has 1 aliphatic heterocycles. The van der Waals surface area contributed by atoms with Crippen molar-refractivity contribution < 1.29 is 19.2 Å². The molecule has 1 N–H and O–H groups in total. The average Bonchev–Trinajstić information content (AvgIpc) is 3.09. The fourth-order valence-corrected chi connectivity index (χ4v) is 4.11. The smallest absolute Gasteiger partial charge is 0.270 e. The van der Waals surface area contributed by atoms with Crippen LogP contribution in [0.15, 0.2) is 60.2 Å². The number of rotatable bonds is 5. The zero-order chi connectivity index (χ0) is 24.6. The van der Waals surface area contributed by atoms with Crippen LogP contribution in [0.4, 0.5) is 11.4 Å². The van der Waals surface area contributed by atoms with Gasteiger partial charge in [0, 0.05) is 29.2 Å². The summed E-state index contributed by atoms with van der Waals surface area (Å²) in [5.41, 5.74) is 3.43. The molecule has 1 fully saturated rings. The van der Waals surface area contributed by atoms with Crippen LogP contribution in [0.3, 0.4) is 0 Å². The van der Waals surface area contributed by atoms with Crippen LogP contribution >= 0.6 is 12.2 Å². The van der Waals surface area contributed by atoms with E-state index in [0.29, 0.717) is 17.0 Å². The molecule has 0 radical (unpaired) electrons. The molecule has 10 heteroatoms. The zero-order valence-corrected chi connectivity index (χ0v) is 19.4. The van der Waals surface area contributed by atoms with Gasteiger partial charge in [-0.3, -0.25) is 29.9 Å². The van der Waals surface area contributed by atoms with E-state index in [1.54, 1.807) is 43.5 Å². The Kier molecular flexibility index (Phi) is 5.99. The number of aromatic nitrogens is 1. The van der Waals surface area contributed by atoms with Crippen LogP contribution in [0.1, 0.15) is 17.0 Å². The van der Waals surface area contributed by atoms with Crippen LogP contribution in [0, 0.1) is 24.0 Å². The van der Waals surface area contributed by atoms with Gasteiger partial charge in [0.15, 0.2) is 5.11 Å². The lowest BCUT2D eigenvalue weighted by Gasteiger charge is -2.29. The Morgan fingerprint density at radius 3 is 2.24 bits per heavy atom. The Morgan fingerprint density at radius 2 is 1.65 bits per heavy atom. The molecule has 0 unspecified atom stereocenters. The number of thiocarbonyl (C=S) groups is 1. The molecule has 3 aromatic rings. The molecule has 1 aromatic heterocycles. The number of amides is 2. The highest BCUT2D eigenvalue weighted by Crippen LogP contribution is 2.27. The first kappa shape index (κ1) is 22.9. The van der Waals surface area contributed by atoms with E-state index in [2.05, 4.69) is 5.32 Å². The standard InChI is InChI=1S/C24H20N4O5S/c1-14-12-16(15(2)26(14)17-4-6-19(7-5-17)28(31)32)13-21-22(29)25-24(34)27(23(21)30)18-8-10-20(33-3)11-9-18/h4-13H,1-3H3,(H,25,29,34). The number of nitro benzene ring substituents is 1. The van der Waals surface area contributed by atoms with Gasteiger partial charge >= 0.3 is 0 Å². The molecule has 2 amide bonds. The fraction of sp³-hybridized carbons (Fsp3) is 0.125. The summed E-state index contributed by atoms with van der Waals surface area (Å²) in [4.78, 5) is 37.7. The first-order valence-corrected chi connectivity index (χ1v) is 10.6. The summed E-state index contributed by atoms with van der Waals surface area (Å²) < 4.78 is 7.05. The number of nitro groups is 1. The monoisotopic (exact) mass is 476 g/mol. The van der Waals surface area contributed by atoms with E-state index < -0.39 is 16.7 Å². The third kappa shape index (κ3) is 4.06. The molecule has 9 nitrogen and oxygen atoms in total. The number of non-ortho nitro benzene ring substituents is 1. The predicted octanol–water partition coefficient (Wildman–Crippen LogP) is 3.84. The van der Waals surface area contributed by atoms with E-state index in [4.69, 9.17) is 17.0 Å². The van der Waals surface area contributed by atoms with E-state index in [0.717, 1.165) is 17.1 Å². The second-order valence-corrected chi connectivity index (χ2v) is 7.98. The molecule has 0 aliphatic carbocycles. The number of nitrogens with one attached hydrogen (secondary N) is 1. The molecule has 0 spiro atoms. The number of ether oxygens (including phenoxy) is 1. The molecule has 0 atom stereocenters. The summed E-state index contributed by atoms with van der Waals surface area (Å²) in [6, 6.07) is 14.8. The summed E-state index contributed by atoms with van der Waals surface area (Å²) in [5.74, 6) is -0.503. The number of benzene rings is 2. The van der Waals surface area contributed by atoms with Gasteiger partial charge in [-0.2, -0.15) is 0 Å². The van der Waals surface area contributed by atoms with Crippen molar-refractivity contribution in [2.75, 3.05) is 12.0 Å². The lowest BCUT2D eigenvalue weighted by molar-refractivity contribution is -0.384. The lowest BCUT2D eigenvalue weighted by atomic mass is 10.1. The van der Waals surface area contributed by atoms with E-state index >= 15 is 0 Å². The van der Waals surface area contributed by atoms with Crippen molar-refractivity contribution in [1.82, 2.24) is 9.88 Å². The average molecular weight is 477 g/mol. The molecule has 34 heavy (non-hydrogen) atoms. The van der Waals surface area contributed by atoms with Gasteiger partial charge in [0.2, 0.25) is 0 Å².